The summed E-state index contributed by atoms with van der Waals surface area (Å²) < 4.78 is 23.8. The Hall–Kier alpha value is -1.92. The molecule has 1 aromatic heterocycles. The van der Waals surface area contributed by atoms with Crippen molar-refractivity contribution in [1.82, 2.24) is 5.32 Å². The Labute approximate surface area is 138 Å². The van der Waals surface area contributed by atoms with Crippen molar-refractivity contribution >= 4 is 17.2 Å². The summed E-state index contributed by atoms with van der Waals surface area (Å²) >= 11 is 1.34. The number of rotatable bonds is 4. The van der Waals surface area contributed by atoms with Crippen LogP contribution in [0.15, 0.2) is 35.7 Å². The molecule has 0 aliphatic carbocycles. The van der Waals surface area contributed by atoms with Gasteiger partial charge in [0.15, 0.2) is 0 Å². The Bertz CT molecular complexity index is 677. The Balaban J connectivity index is 1.86. The molecule has 1 aromatic carbocycles. The van der Waals surface area contributed by atoms with Crippen molar-refractivity contribution in [3.8, 4) is 5.75 Å². The van der Waals surface area contributed by atoms with Crippen molar-refractivity contribution in [1.29, 1.82) is 0 Å². The van der Waals surface area contributed by atoms with Crippen LogP contribution in [0.25, 0.3) is 0 Å². The molecule has 1 amide bonds. The molecule has 3 rings (SSSR count). The summed E-state index contributed by atoms with van der Waals surface area (Å²) in [5.41, 5.74) is 0.374. The number of carbonyl (C=O) groups is 1. The molecule has 0 radical (unpaired) electrons. The number of benzene rings is 1. The molecular formula is C17H18FNO3S. The largest absolute Gasteiger partial charge is 0.496 e. The summed E-state index contributed by atoms with van der Waals surface area (Å²) in [5, 5.41) is 4.93. The second kappa shape index (κ2) is 6.68. The summed E-state index contributed by atoms with van der Waals surface area (Å²) in [7, 11) is 1.57. The molecule has 1 aliphatic heterocycles. The van der Waals surface area contributed by atoms with Crippen LogP contribution >= 0.6 is 11.3 Å². The molecule has 1 N–H and O–H groups in total. The van der Waals surface area contributed by atoms with Gasteiger partial charge in [0.2, 0.25) is 0 Å². The Morgan fingerprint density at radius 2 is 2.00 bits per heavy atom. The first kappa shape index (κ1) is 16.0. The summed E-state index contributed by atoms with van der Waals surface area (Å²) in [6.07, 6.45) is 1.32. The van der Waals surface area contributed by atoms with Crippen LogP contribution in [-0.4, -0.2) is 26.2 Å². The van der Waals surface area contributed by atoms with E-state index in [0.29, 0.717) is 36.7 Å². The van der Waals surface area contributed by atoms with Crippen LogP contribution in [0.5, 0.6) is 5.75 Å². The van der Waals surface area contributed by atoms with Crippen molar-refractivity contribution in [3.63, 3.8) is 0 Å². The third kappa shape index (κ3) is 3.38. The van der Waals surface area contributed by atoms with E-state index in [4.69, 9.17) is 9.47 Å². The van der Waals surface area contributed by atoms with Gasteiger partial charge in [-0.1, -0.05) is 12.1 Å². The fourth-order valence-corrected chi connectivity index (χ4v) is 3.55. The van der Waals surface area contributed by atoms with Gasteiger partial charge in [-0.05, 0) is 30.5 Å². The number of methoxy groups -OCH3 is 1. The van der Waals surface area contributed by atoms with Gasteiger partial charge in [0.25, 0.3) is 5.91 Å². The lowest BCUT2D eigenvalue weighted by molar-refractivity contribution is 0.0346. The Morgan fingerprint density at radius 3 is 2.61 bits per heavy atom. The first-order valence-corrected chi connectivity index (χ1v) is 8.30. The number of amides is 1. The van der Waals surface area contributed by atoms with Crippen LogP contribution in [0, 0.1) is 5.82 Å². The topological polar surface area (TPSA) is 47.6 Å². The number of ether oxygens (including phenoxy) is 2. The van der Waals surface area contributed by atoms with Gasteiger partial charge in [0.1, 0.15) is 11.6 Å². The predicted octanol–water partition coefficient (Wildman–Crippen LogP) is 3.33. The predicted molar refractivity (Wildman–Crippen MR) is 86.5 cm³/mol. The van der Waals surface area contributed by atoms with Gasteiger partial charge < -0.3 is 14.8 Å². The maximum atomic E-state index is 13.2. The van der Waals surface area contributed by atoms with E-state index in [-0.39, 0.29) is 11.7 Å². The van der Waals surface area contributed by atoms with Gasteiger partial charge in [-0.25, -0.2) is 4.39 Å². The minimum absolute atomic E-state index is 0.149. The molecule has 1 fully saturated rings. The molecule has 1 aliphatic rings. The molecule has 4 nitrogen and oxygen atoms in total. The van der Waals surface area contributed by atoms with E-state index in [1.807, 2.05) is 0 Å². The van der Waals surface area contributed by atoms with Crippen molar-refractivity contribution in [2.75, 3.05) is 20.3 Å². The zero-order valence-corrected chi connectivity index (χ0v) is 13.6. The fraction of sp³-hybridized carbons (Fsp3) is 0.353. The van der Waals surface area contributed by atoms with Crippen molar-refractivity contribution < 1.29 is 18.7 Å². The smallest absolute Gasteiger partial charge is 0.262 e. The highest BCUT2D eigenvalue weighted by Crippen LogP contribution is 2.33. The highest BCUT2D eigenvalue weighted by atomic mass is 32.1. The molecular weight excluding hydrogens is 317 g/mol. The third-order valence-electron chi connectivity index (χ3n) is 4.13. The van der Waals surface area contributed by atoms with E-state index in [1.165, 1.54) is 23.5 Å². The van der Waals surface area contributed by atoms with E-state index in [0.717, 1.165) is 5.56 Å². The number of thiophene rings is 1. The van der Waals surface area contributed by atoms with Crippen LogP contribution in [0.1, 0.15) is 28.1 Å². The van der Waals surface area contributed by atoms with Gasteiger partial charge in [-0.2, -0.15) is 0 Å². The summed E-state index contributed by atoms with van der Waals surface area (Å²) in [5.74, 6) is 0.234. The van der Waals surface area contributed by atoms with Crippen molar-refractivity contribution in [2.45, 2.75) is 18.4 Å². The molecule has 0 saturated carbocycles. The first-order valence-electron chi connectivity index (χ1n) is 7.42. The van der Waals surface area contributed by atoms with Crippen molar-refractivity contribution in [2.24, 2.45) is 0 Å². The maximum absolute atomic E-state index is 13.2. The standard InChI is InChI=1S/C17H18FNO3S/c1-21-14-10-15(23-11-14)16(20)19-17(6-8-22-9-7-17)12-2-4-13(18)5-3-12/h2-5,10-11H,6-9H2,1H3,(H,19,20). The third-order valence-corrected chi connectivity index (χ3v) is 5.04. The van der Waals surface area contributed by atoms with Crippen LogP contribution in [0.2, 0.25) is 0 Å². The minimum atomic E-state index is -0.528. The van der Waals surface area contributed by atoms with E-state index in [9.17, 15) is 9.18 Å². The number of carbonyl (C=O) groups excluding carboxylic acids is 1. The summed E-state index contributed by atoms with van der Waals surface area (Å²) in [6, 6.07) is 8.03. The zero-order chi connectivity index (χ0) is 16.3. The molecule has 23 heavy (non-hydrogen) atoms. The van der Waals surface area contributed by atoms with E-state index >= 15 is 0 Å². The second-order valence-electron chi connectivity index (χ2n) is 5.51. The molecule has 0 spiro atoms. The van der Waals surface area contributed by atoms with Gasteiger partial charge in [0, 0.05) is 24.7 Å². The van der Waals surface area contributed by atoms with Gasteiger partial charge in [-0.15, -0.1) is 11.3 Å². The average Bonchev–Trinajstić information content (AvgIpc) is 3.05. The molecule has 1 saturated heterocycles. The lowest BCUT2D eigenvalue weighted by atomic mass is 9.82. The monoisotopic (exact) mass is 335 g/mol. The lowest BCUT2D eigenvalue weighted by Gasteiger charge is -2.38. The molecule has 2 aromatic rings. The maximum Gasteiger partial charge on any atom is 0.262 e. The van der Waals surface area contributed by atoms with Gasteiger partial charge in [-0.3, -0.25) is 4.79 Å². The normalized spacial score (nSPS) is 16.8. The van der Waals surface area contributed by atoms with E-state index in [1.54, 1.807) is 30.7 Å². The molecule has 122 valence electrons. The van der Waals surface area contributed by atoms with Crippen LogP contribution < -0.4 is 10.1 Å². The van der Waals surface area contributed by atoms with Gasteiger partial charge in [0.05, 0.1) is 17.5 Å². The Morgan fingerprint density at radius 1 is 1.30 bits per heavy atom. The zero-order valence-electron chi connectivity index (χ0n) is 12.8. The average molecular weight is 335 g/mol. The lowest BCUT2D eigenvalue weighted by Crippen LogP contribution is -2.49. The SMILES string of the molecule is COc1csc(C(=O)NC2(c3ccc(F)cc3)CCOCC2)c1. The number of nitrogens with one attached hydrogen (secondary N) is 1. The van der Waals surface area contributed by atoms with Crippen molar-refractivity contribution in [3.05, 3.63) is 52.0 Å². The minimum Gasteiger partial charge on any atom is -0.496 e. The second-order valence-corrected chi connectivity index (χ2v) is 6.42. The molecule has 0 atom stereocenters. The highest BCUT2D eigenvalue weighted by molar-refractivity contribution is 7.12. The van der Waals surface area contributed by atoms with E-state index in [2.05, 4.69) is 5.32 Å². The summed E-state index contributed by atoms with van der Waals surface area (Å²) in [6.45, 7) is 1.12. The highest BCUT2D eigenvalue weighted by Gasteiger charge is 2.36. The number of hydrogen-bond donors (Lipinski definition) is 1. The quantitative estimate of drug-likeness (QED) is 0.932. The van der Waals surface area contributed by atoms with Crippen LogP contribution in [0.4, 0.5) is 4.39 Å². The van der Waals surface area contributed by atoms with Crippen LogP contribution in [0.3, 0.4) is 0 Å². The number of hydrogen-bond acceptors (Lipinski definition) is 4. The first-order chi connectivity index (χ1) is 11.1. The van der Waals surface area contributed by atoms with Gasteiger partial charge >= 0.3 is 0 Å². The molecule has 0 unspecified atom stereocenters. The molecule has 0 bridgehead atoms. The molecule has 2 heterocycles. The van der Waals surface area contributed by atoms with E-state index < -0.39 is 5.54 Å². The van der Waals surface area contributed by atoms with Crippen LogP contribution in [-0.2, 0) is 10.3 Å². The number of halogens is 1. The Kier molecular flexibility index (Phi) is 4.63. The fourth-order valence-electron chi connectivity index (χ4n) is 2.80. The molecule has 6 heteroatoms. The summed E-state index contributed by atoms with van der Waals surface area (Å²) in [4.78, 5) is 13.2.